The highest BCUT2D eigenvalue weighted by Crippen LogP contribution is 2.24. The van der Waals surface area contributed by atoms with Gasteiger partial charge < -0.3 is 24.6 Å². The molecule has 1 aromatic carbocycles. The number of carboxylic acids is 1. The van der Waals surface area contributed by atoms with Gasteiger partial charge in [0.2, 0.25) is 5.88 Å². The standard InChI is InChI=1S/C19H20N2O6/c22-17(21-11-8-19(25,9-12-21)18(23)24)13-26-14-4-6-15(7-5-14)27-16-3-1-2-10-20-16/h1-7,10,25H,8-9,11-13H2,(H,23,24). The molecule has 0 saturated carbocycles. The second kappa shape index (κ2) is 8.05. The number of carbonyl (C=O) groups is 2. The fourth-order valence-electron chi connectivity index (χ4n) is 2.71. The molecule has 1 amide bonds. The molecule has 142 valence electrons. The van der Waals surface area contributed by atoms with E-state index < -0.39 is 11.6 Å². The van der Waals surface area contributed by atoms with Crippen LogP contribution < -0.4 is 9.47 Å². The zero-order valence-corrected chi connectivity index (χ0v) is 14.6. The SMILES string of the molecule is O=C(COc1ccc(Oc2ccccn2)cc1)N1CCC(O)(C(=O)O)CC1. The molecule has 2 aromatic rings. The van der Waals surface area contributed by atoms with Crippen LogP contribution in [0.1, 0.15) is 12.8 Å². The smallest absolute Gasteiger partial charge is 0.335 e. The molecule has 2 heterocycles. The molecule has 1 fully saturated rings. The lowest BCUT2D eigenvalue weighted by Crippen LogP contribution is -2.51. The van der Waals surface area contributed by atoms with Crippen molar-refractivity contribution >= 4 is 11.9 Å². The highest BCUT2D eigenvalue weighted by molar-refractivity contribution is 5.80. The minimum atomic E-state index is -1.75. The van der Waals surface area contributed by atoms with E-state index in [0.29, 0.717) is 17.4 Å². The van der Waals surface area contributed by atoms with Crippen LogP contribution in [0.5, 0.6) is 17.4 Å². The van der Waals surface area contributed by atoms with E-state index in [-0.39, 0.29) is 38.4 Å². The fourth-order valence-corrected chi connectivity index (χ4v) is 2.71. The molecular weight excluding hydrogens is 352 g/mol. The van der Waals surface area contributed by atoms with Crippen LogP contribution in [0.25, 0.3) is 0 Å². The van der Waals surface area contributed by atoms with E-state index in [4.69, 9.17) is 14.6 Å². The Bertz CT molecular complexity index is 786. The van der Waals surface area contributed by atoms with Gasteiger partial charge in [-0.3, -0.25) is 4.79 Å². The van der Waals surface area contributed by atoms with Gasteiger partial charge in [0.25, 0.3) is 5.91 Å². The van der Waals surface area contributed by atoms with E-state index in [1.54, 1.807) is 42.6 Å². The Morgan fingerprint density at radius 3 is 2.33 bits per heavy atom. The number of amides is 1. The number of likely N-dealkylation sites (tertiary alicyclic amines) is 1. The van der Waals surface area contributed by atoms with E-state index in [1.165, 1.54) is 4.90 Å². The second-order valence-electron chi connectivity index (χ2n) is 6.25. The van der Waals surface area contributed by atoms with Crippen molar-refractivity contribution in [3.8, 4) is 17.4 Å². The quantitative estimate of drug-likeness (QED) is 0.794. The number of hydrogen-bond donors (Lipinski definition) is 2. The number of hydrogen-bond acceptors (Lipinski definition) is 6. The van der Waals surface area contributed by atoms with Crippen molar-refractivity contribution < 1.29 is 29.3 Å². The van der Waals surface area contributed by atoms with Gasteiger partial charge in [-0.25, -0.2) is 9.78 Å². The van der Waals surface area contributed by atoms with E-state index >= 15 is 0 Å². The molecule has 8 heteroatoms. The summed E-state index contributed by atoms with van der Waals surface area (Å²) >= 11 is 0. The van der Waals surface area contributed by atoms with E-state index in [1.807, 2.05) is 6.07 Å². The van der Waals surface area contributed by atoms with Crippen molar-refractivity contribution in [1.29, 1.82) is 0 Å². The average Bonchev–Trinajstić information content (AvgIpc) is 2.68. The van der Waals surface area contributed by atoms with Crippen LogP contribution >= 0.6 is 0 Å². The van der Waals surface area contributed by atoms with E-state index in [2.05, 4.69) is 4.98 Å². The number of carbonyl (C=O) groups excluding carboxylic acids is 1. The molecule has 1 aromatic heterocycles. The van der Waals surface area contributed by atoms with Gasteiger partial charge in [0, 0.05) is 38.2 Å². The van der Waals surface area contributed by atoms with Crippen LogP contribution in [0.15, 0.2) is 48.7 Å². The minimum absolute atomic E-state index is 0.00757. The average molecular weight is 372 g/mol. The highest BCUT2D eigenvalue weighted by atomic mass is 16.5. The first-order chi connectivity index (χ1) is 13.0. The van der Waals surface area contributed by atoms with Crippen LogP contribution in [0.4, 0.5) is 0 Å². The summed E-state index contributed by atoms with van der Waals surface area (Å²) in [5, 5.41) is 18.9. The molecule has 2 N–H and O–H groups in total. The largest absolute Gasteiger partial charge is 0.484 e. The summed E-state index contributed by atoms with van der Waals surface area (Å²) < 4.78 is 11.1. The fraction of sp³-hybridized carbons (Fsp3) is 0.316. The van der Waals surface area contributed by atoms with Gasteiger partial charge in [0.1, 0.15) is 11.5 Å². The summed E-state index contributed by atoms with van der Waals surface area (Å²) in [4.78, 5) is 28.8. The van der Waals surface area contributed by atoms with E-state index in [0.717, 1.165) is 0 Å². The van der Waals surface area contributed by atoms with Crippen LogP contribution in [-0.4, -0.2) is 57.3 Å². The number of aliphatic carboxylic acids is 1. The molecule has 0 radical (unpaired) electrons. The number of carboxylic acid groups (broad SMARTS) is 1. The number of nitrogens with zero attached hydrogens (tertiary/aromatic N) is 2. The number of ether oxygens (including phenoxy) is 2. The maximum Gasteiger partial charge on any atom is 0.335 e. The molecule has 1 aliphatic rings. The summed E-state index contributed by atoms with van der Waals surface area (Å²) in [6.45, 7) is 0.204. The zero-order chi connectivity index (χ0) is 19.3. The summed E-state index contributed by atoms with van der Waals surface area (Å²) in [6, 6.07) is 12.2. The molecule has 8 nitrogen and oxygen atoms in total. The first-order valence-electron chi connectivity index (χ1n) is 8.52. The molecular formula is C19H20N2O6. The predicted octanol–water partition coefficient (Wildman–Crippen LogP) is 1.69. The van der Waals surface area contributed by atoms with Crippen LogP contribution in [0.3, 0.4) is 0 Å². The number of pyridine rings is 1. The Morgan fingerprint density at radius 1 is 1.07 bits per heavy atom. The van der Waals surface area contributed by atoms with Gasteiger partial charge in [0.05, 0.1) is 0 Å². The molecule has 27 heavy (non-hydrogen) atoms. The zero-order valence-electron chi connectivity index (χ0n) is 14.6. The summed E-state index contributed by atoms with van der Waals surface area (Å²) in [6.07, 6.45) is 1.65. The third-order valence-electron chi connectivity index (χ3n) is 4.39. The first-order valence-corrected chi connectivity index (χ1v) is 8.52. The van der Waals surface area contributed by atoms with Crippen molar-refractivity contribution in [2.75, 3.05) is 19.7 Å². The lowest BCUT2D eigenvalue weighted by atomic mass is 9.92. The van der Waals surface area contributed by atoms with Crippen molar-refractivity contribution in [3.05, 3.63) is 48.7 Å². The molecule has 0 atom stereocenters. The van der Waals surface area contributed by atoms with Crippen LogP contribution in [0.2, 0.25) is 0 Å². The van der Waals surface area contributed by atoms with Gasteiger partial charge in [-0.1, -0.05) is 6.07 Å². The van der Waals surface area contributed by atoms with Gasteiger partial charge in [-0.05, 0) is 30.3 Å². The molecule has 0 unspecified atom stereocenters. The lowest BCUT2D eigenvalue weighted by molar-refractivity contribution is -0.165. The topological polar surface area (TPSA) is 109 Å². The summed E-state index contributed by atoms with van der Waals surface area (Å²) in [7, 11) is 0. The maximum absolute atomic E-state index is 12.2. The number of benzene rings is 1. The molecule has 0 spiro atoms. The van der Waals surface area contributed by atoms with Crippen LogP contribution in [0, 0.1) is 0 Å². The second-order valence-corrected chi connectivity index (χ2v) is 6.25. The maximum atomic E-state index is 12.2. The van der Waals surface area contributed by atoms with Gasteiger partial charge in [0.15, 0.2) is 12.2 Å². The molecule has 0 bridgehead atoms. The lowest BCUT2D eigenvalue weighted by Gasteiger charge is -2.35. The Balaban J connectivity index is 1.47. The van der Waals surface area contributed by atoms with Crippen molar-refractivity contribution in [2.24, 2.45) is 0 Å². The monoisotopic (exact) mass is 372 g/mol. The Morgan fingerprint density at radius 2 is 1.74 bits per heavy atom. The van der Waals surface area contributed by atoms with Gasteiger partial charge in [-0.2, -0.15) is 0 Å². The third kappa shape index (κ3) is 4.73. The summed E-state index contributed by atoms with van der Waals surface area (Å²) in [5.41, 5.74) is -1.75. The number of piperidine rings is 1. The van der Waals surface area contributed by atoms with Crippen LogP contribution in [-0.2, 0) is 9.59 Å². The Kier molecular flexibility index (Phi) is 5.56. The molecule has 3 rings (SSSR count). The van der Waals surface area contributed by atoms with Crippen molar-refractivity contribution in [3.63, 3.8) is 0 Å². The van der Waals surface area contributed by atoms with Crippen molar-refractivity contribution in [1.82, 2.24) is 9.88 Å². The number of aromatic nitrogens is 1. The first kappa shape index (κ1) is 18.7. The number of rotatable bonds is 6. The highest BCUT2D eigenvalue weighted by Gasteiger charge is 2.40. The molecule has 1 saturated heterocycles. The summed E-state index contributed by atoms with van der Waals surface area (Å²) in [5.74, 6) is 0.0787. The molecule has 1 aliphatic heterocycles. The molecule has 0 aliphatic carbocycles. The van der Waals surface area contributed by atoms with E-state index in [9.17, 15) is 14.7 Å². The Labute approximate surface area is 156 Å². The van der Waals surface area contributed by atoms with Gasteiger partial charge >= 0.3 is 5.97 Å². The van der Waals surface area contributed by atoms with Crippen molar-refractivity contribution in [2.45, 2.75) is 18.4 Å². The minimum Gasteiger partial charge on any atom is -0.484 e. The normalized spacial score (nSPS) is 15.8. The van der Waals surface area contributed by atoms with Gasteiger partial charge in [-0.15, -0.1) is 0 Å². The Hall–Kier alpha value is -3.13. The number of aliphatic hydroxyl groups is 1. The third-order valence-corrected chi connectivity index (χ3v) is 4.39. The predicted molar refractivity (Wildman–Crippen MR) is 94.6 cm³/mol.